The van der Waals surface area contributed by atoms with Crippen LogP contribution < -0.4 is 15.8 Å². The zero-order chi connectivity index (χ0) is 16.9. The third-order valence-corrected chi connectivity index (χ3v) is 3.37. The van der Waals surface area contributed by atoms with Crippen molar-refractivity contribution >= 4 is 22.5 Å². The normalized spacial score (nSPS) is 11.5. The van der Waals surface area contributed by atoms with Gasteiger partial charge in [-0.15, -0.1) is 0 Å². The molecule has 9 nitrogen and oxygen atoms in total. The number of hydrogen-bond donors (Lipinski definition) is 4. The van der Waals surface area contributed by atoms with Crippen LogP contribution in [0.4, 0.5) is 5.95 Å². The zero-order valence-electron chi connectivity index (χ0n) is 12.9. The molecule has 2 aromatic heterocycles. The molecular formula is C15H16N8O. The van der Waals surface area contributed by atoms with E-state index in [1.807, 2.05) is 18.2 Å². The highest BCUT2D eigenvalue weighted by Gasteiger charge is 2.13. The minimum absolute atomic E-state index is 0.0869. The van der Waals surface area contributed by atoms with Gasteiger partial charge in [-0.05, 0) is 12.1 Å². The molecule has 0 amide bonds. The molecule has 3 aromatic rings. The van der Waals surface area contributed by atoms with Crippen LogP contribution in [-0.4, -0.2) is 27.3 Å². The molecule has 0 saturated carbocycles. The highest BCUT2D eigenvalue weighted by molar-refractivity contribution is 5.93. The van der Waals surface area contributed by atoms with Crippen molar-refractivity contribution in [3.8, 4) is 5.75 Å². The van der Waals surface area contributed by atoms with Crippen LogP contribution in [0, 0.1) is 5.53 Å². The lowest BCUT2D eigenvalue weighted by molar-refractivity contribution is 0.419. The maximum absolute atomic E-state index is 7.46. The summed E-state index contributed by atoms with van der Waals surface area (Å²) in [7, 11) is 1.56. The third-order valence-electron chi connectivity index (χ3n) is 3.37. The number of nitrogens with zero attached hydrogens (tertiary/aromatic N) is 4. The molecule has 9 heteroatoms. The third kappa shape index (κ3) is 3.00. The molecule has 0 saturated heterocycles. The summed E-state index contributed by atoms with van der Waals surface area (Å²) >= 11 is 0. The Balaban J connectivity index is 2.00. The topological polar surface area (TPSA) is 138 Å². The summed E-state index contributed by atoms with van der Waals surface area (Å²) in [6, 6.07) is 7.29. The largest absolute Gasteiger partial charge is 0.494 e. The number of para-hydroxylation sites is 1. The van der Waals surface area contributed by atoms with Gasteiger partial charge in [0.2, 0.25) is 5.95 Å². The van der Waals surface area contributed by atoms with Crippen LogP contribution in [0.1, 0.15) is 11.4 Å². The van der Waals surface area contributed by atoms with Crippen LogP contribution in [-0.2, 0) is 6.54 Å². The minimum atomic E-state index is 0.0869. The predicted octanol–water partition coefficient (Wildman–Crippen LogP) is 2.06. The number of hydrogen-bond acceptors (Lipinski definition) is 8. The maximum atomic E-state index is 7.46. The molecule has 122 valence electrons. The number of nitrogens with two attached hydrogens (primary N) is 1. The van der Waals surface area contributed by atoms with Gasteiger partial charge in [0, 0.05) is 17.8 Å². The first-order valence-corrected chi connectivity index (χ1v) is 7.13. The fraction of sp³-hybridized carbons (Fsp3) is 0.133. The van der Waals surface area contributed by atoms with Gasteiger partial charge in [0.1, 0.15) is 22.7 Å². The number of nitrogens with one attached hydrogen (secondary N) is 3. The summed E-state index contributed by atoms with van der Waals surface area (Å²) < 4.78 is 5.31. The maximum Gasteiger partial charge on any atom is 0.221 e. The lowest BCUT2D eigenvalue weighted by atomic mass is 10.1. The summed E-state index contributed by atoms with van der Waals surface area (Å²) in [5.41, 5.74) is 15.5. The smallest absolute Gasteiger partial charge is 0.221 e. The number of nitrogen functional groups attached to an aromatic ring is 1. The van der Waals surface area contributed by atoms with Gasteiger partial charge in [0.25, 0.3) is 0 Å². The van der Waals surface area contributed by atoms with Crippen molar-refractivity contribution in [3.05, 3.63) is 48.1 Å². The Hall–Kier alpha value is -3.49. The van der Waals surface area contributed by atoms with E-state index in [9.17, 15) is 0 Å². The zero-order valence-corrected chi connectivity index (χ0v) is 12.9. The van der Waals surface area contributed by atoms with Crippen molar-refractivity contribution in [2.75, 3.05) is 12.8 Å². The molecule has 1 aromatic carbocycles. The number of benzene rings is 1. The number of aromatic amines is 1. The average Bonchev–Trinajstić information content (AvgIpc) is 3.11. The van der Waals surface area contributed by atoms with Crippen LogP contribution in [0.2, 0.25) is 0 Å². The first-order valence-electron chi connectivity index (χ1n) is 7.13. The number of methoxy groups -OCH3 is 1. The van der Waals surface area contributed by atoms with E-state index in [2.05, 4.69) is 30.6 Å². The Bertz CT molecular complexity index is 888. The summed E-state index contributed by atoms with van der Waals surface area (Å²) in [5.74, 6) is 0.667. The van der Waals surface area contributed by atoms with E-state index in [1.54, 1.807) is 25.6 Å². The fourth-order valence-corrected chi connectivity index (χ4v) is 2.30. The summed E-state index contributed by atoms with van der Waals surface area (Å²) in [6.45, 7) is 0.490. The Kier molecular flexibility index (Phi) is 4.32. The van der Waals surface area contributed by atoms with E-state index in [4.69, 9.17) is 16.0 Å². The molecule has 0 aliphatic heterocycles. The molecule has 5 N–H and O–H groups in total. The van der Waals surface area contributed by atoms with Gasteiger partial charge < -0.3 is 15.8 Å². The monoisotopic (exact) mass is 324 g/mol. The summed E-state index contributed by atoms with van der Waals surface area (Å²) in [4.78, 5) is 8.45. The molecular weight excluding hydrogens is 308 g/mol. The number of ether oxygens (including phenoxy) is 1. The van der Waals surface area contributed by atoms with Crippen molar-refractivity contribution in [1.29, 1.82) is 5.53 Å². The summed E-state index contributed by atoms with van der Waals surface area (Å²) in [6.07, 6.45) is 3.34. The highest BCUT2D eigenvalue weighted by Crippen LogP contribution is 2.29. The molecule has 2 heterocycles. The van der Waals surface area contributed by atoms with Crippen molar-refractivity contribution in [3.63, 3.8) is 0 Å². The second-order valence-electron chi connectivity index (χ2n) is 4.87. The van der Waals surface area contributed by atoms with E-state index in [0.29, 0.717) is 34.6 Å². The van der Waals surface area contributed by atoms with Crippen LogP contribution in [0.3, 0.4) is 0 Å². The molecule has 0 aliphatic rings. The number of fused-ring (bicyclic) bond motifs is 1. The molecule has 0 fully saturated rings. The molecule has 0 unspecified atom stereocenters. The minimum Gasteiger partial charge on any atom is -0.494 e. The fourth-order valence-electron chi connectivity index (χ4n) is 2.30. The van der Waals surface area contributed by atoms with Crippen molar-refractivity contribution in [2.24, 2.45) is 5.11 Å². The second kappa shape index (κ2) is 6.73. The van der Waals surface area contributed by atoms with E-state index in [1.165, 1.54) is 0 Å². The molecule has 24 heavy (non-hydrogen) atoms. The average molecular weight is 324 g/mol. The van der Waals surface area contributed by atoms with Crippen LogP contribution >= 0.6 is 0 Å². The Labute approximate surface area is 137 Å². The number of anilines is 1. The summed E-state index contributed by atoms with van der Waals surface area (Å²) in [5, 5.41) is 14.1. The van der Waals surface area contributed by atoms with Crippen LogP contribution in [0.15, 0.2) is 41.8 Å². The lowest BCUT2D eigenvalue weighted by Gasteiger charge is -2.09. The van der Waals surface area contributed by atoms with E-state index in [-0.39, 0.29) is 5.95 Å². The van der Waals surface area contributed by atoms with Gasteiger partial charge >= 0.3 is 0 Å². The Morgan fingerprint density at radius 1 is 1.42 bits per heavy atom. The van der Waals surface area contributed by atoms with Gasteiger partial charge in [0.15, 0.2) is 0 Å². The number of rotatable bonds is 6. The molecule has 0 bridgehead atoms. The second-order valence-corrected chi connectivity index (χ2v) is 4.87. The molecule has 0 aliphatic carbocycles. The Morgan fingerprint density at radius 3 is 3.00 bits per heavy atom. The molecule has 0 radical (unpaired) electrons. The SMILES string of the molecule is COc1cccc2c(/C(=C/NCc3cc[nH]n3)N=N)nc(N)nc12. The lowest BCUT2D eigenvalue weighted by Crippen LogP contribution is -2.07. The van der Waals surface area contributed by atoms with Gasteiger partial charge in [-0.2, -0.15) is 10.2 Å². The first-order chi connectivity index (χ1) is 11.7. The number of aromatic nitrogens is 4. The van der Waals surface area contributed by atoms with Gasteiger partial charge in [-0.3, -0.25) is 5.10 Å². The highest BCUT2D eigenvalue weighted by atomic mass is 16.5. The predicted molar refractivity (Wildman–Crippen MR) is 89.1 cm³/mol. The molecule has 3 rings (SSSR count). The molecule has 0 spiro atoms. The Morgan fingerprint density at radius 2 is 2.29 bits per heavy atom. The van der Waals surface area contributed by atoms with E-state index in [0.717, 1.165) is 5.69 Å². The van der Waals surface area contributed by atoms with Crippen molar-refractivity contribution in [2.45, 2.75) is 6.54 Å². The van der Waals surface area contributed by atoms with E-state index < -0.39 is 0 Å². The van der Waals surface area contributed by atoms with Gasteiger partial charge in [0.05, 0.1) is 19.3 Å². The van der Waals surface area contributed by atoms with Crippen LogP contribution in [0.5, 0.6) is 5.75 Å². The van der Waals surface area contributed by atoms with Gasteiger partial charge in [-0.1, -0.05) is 12.1 Å². The van der Waals surface area contributed by atoms with Gasteiger partial charge in [-0.25, -0.2) is 15.5 Å². The van der Waals surface area contributed by atoms with Crippen LogP contribution in [0.25, 0.3) is 16.6 Å². The molecule has 0 atom stereocenters. The first kappa shape index (κ1) is 15.4. The van der Waals surface area contributed by atoms with E-state index >= 15 is 0 Å². The quantitative estimate of drug-likeness (QED) is 0.512. The standard InChI is InChI=1S/C15H16N8O/c1-24-12-4-2-3-10-13(20-15(16)21-14(10)12)11(22-17)8-18-7-9-5-6-19-23-9/h2-6,8,17-18H,7H2,1H3,(H,19,23)(H2,16,20,21)/b11-8-,22-17?. The van der Waals surface area contributed by atoms with Crippen molar-refractivity contribution in [1.82, 2.24) is 25.5 Å². The van der Waals surface area contributed by atoms with Crippen molar-refractivity contribution < 1.29 is 4.74 Å². The number of H-pyrrole nitrogens is 1.